The van der Waals surface area contributed by atoms with Gasteiger partial charge in [0.15, 0.2) is 0 Å². The van der Waals surface area contributed by atoms with Crippen LogP contribution in [0.5, 0.6) is 0 Å². The highest BCUT2D eigenvalue weighted by Crippen LogP contribution is 2.27. The van der Waals surface area contributed by atoms with E-state index >= 15 is 0 Å². The lowest BCUT2D eigenvalue weighted by molar-refractivity contribution is 0.708. The third-order valence-corrected chi connectivity index (χ3v) is 5.16. The van der Waals surface area contributed by atoms with Gasteiger partial charge in [-0.2, -0.15) is 0 Å². The molecule has 1 aromatic carbocycles. The van der Waals surface area contributed by atoms with Crippen molar-refractivity contribution in [3.63, 3.8) is 0 Å². The van der Waals surface area contributed by atoms with Crippen LogP contribution in [0, 0.1) is 0 Å². The molecule has 1 aromatic heterocycles. The first-order chi connectivity index (χ1) is 10.2. The summed E-state index contributed by atoms with van der Waals surface area (Å²) in [5.74, 6) is 2.29. The summed E-state index contributed by atoms with van der Waals surface area (Å²) in [7, 11) is 0. The van der Waals surface area contributed by atoms with Gasteiger partial charge < -0.3 is 5.73 Å². The number of benzene rings is 1. The zero-order valence-electron chi connectivity index (χ0n) is 11.8. The zero-order chi connectivity index (χ0) is 14.7. The molecule has 0 unspecified atom stereocenters. The van der Waals surface area contributed by atoms with Gasteiger partial charge in [-0.05, 0) is 43.9 Å². The van der Waals surface area contributed by atoms with Crippen LogP contribution in [-0.4, -0.2) is 9.97 Å². The Morgan fingerprint density at radius 3 is 2.86 bits per heavy atom. The summed E-state index contributed by atoms with van der Waals surface area (Å²) in [5.41, 5.74) is 8.49. The van der Waals surface area contributed by atoms with Crippen LogP contribution in [0.1, 0.15) is 36.3 Å². The van der Waals surface area contributed by atoms with Gasteiger partial charge in [-0.15, -0.1) is 11.8 Å². The van der Waals surface area contributed by atoms with Gasteiger partial charge in [0.2, 0.25) is 0 Å². The maximum atomic E-state index is 6.14. The lowest BCUT2D eigenvalue weighted by Crippen LogP contribution is -2.08. The standard InChI is InChI=1S/C16H18BrN3S/c17-11-5-4-6-12(9-11)21-10-15-19-14-8-3-1-2-7-13(14)16(18)20-15/h4-6,9H,1-3,7-8,10H2,(H2,18,19,20). The number of aromatic nitrogens is 2. The fourth-order valence-corrected chi connectivity index (χ4v) is 3.98. The van der Waals surface area contributed by atoms with Crippen molar-refractivity contribution in [3.05, 3.63) is 45.8 Å². The Morgan fingerprint density at radius 1 is 1.14 bits per heavy atom. The minimum atomic E-state index is 0.687. The Labute approximate surface area is 137 Å². The molecule has 0 saturated carbocycles. The second-order valence-electron chi connectivity index (χ2n) is 5.26. The third-order valence-electron chi connectivity index (χ3n) is 3.68. The van der Waals surface area contributed by atoms with Crippen LogP contribution in [0.2, 0.25) is 0 Å². The maximum absolute atomic E-state index is 6.14. The average Bonchev–Trinajstić information content (AvgIpc) is 2.71. The van der Waals surface area contributed by atoms with Crippen LogP contribution in [-0.2, 0) is 18.6 Å². The first-order valence-electron chi connectivity index (χ1n) is 7.25. The molecule has 0 atom stereocenters. The van der Waals surface area contributed by atoms with E-state index in [0.29, 0.717) is 5.82 Å². The summed E-state index contributed by atoms with van der Waals surface area (Å²) in [4.78, 5) is 10.5. The minimum absolute atomic E-state index is 0.687. The number of nitrogen functional groups attached to an aromatic ring is 1. The molecular formula is C16H18BrN3S. The smallest absolute Gasteiger partial charge is 0.141 e. The molecule has 5 heteroatoms. The normalized spacial score (nSPS) is 14.5. The summed E-state index contributed by atoms with van der Waals surface area (Å²) in [6.45, 7) is 0. The Morgan fingerprint density at radius 2 is 2.00 bits per heavy atom. The van der Waals surface area contributed by atoms with E-state index in [1.807, 2.05) is 12.1 Å². The third kappa shape index (κ3) is 3.77. The van der Waals surface area contributed by atoms with E-state index in [1.165, 1.54) is 35.4 Å². The van der Waals surface area contributed by atoms with Crippen molar-refractivity contribution in [2.24, 2.45) is 0 Å². The number of rotatable bonds is 3. The van der Waals surface area contributed by atoms with Gasteiger partial charge in [-0.3, -0.25) is 0 Å². The molecule has 3 nitrogen and oxygen atoms in total. The fraction of sp³-hybridized carbons (Fsp3) is 0.375. The highest BCUT2D eigenvalue weighted by molar-refractivity contribution is 9.10. The van der Waals surface area contributed by atoms with Crippen molar-refractivity contribution in [3.8, 4) is 0 Å². The van der Waals surface area contributed by atoms with Crippen LogP contribution in [0.15, 0.2) is 33.6 Å². The molecule has 0 saturated heterocycles. The van der Waals surface area contributed by atoms with Gasteiger partial charge in [-0.1, -0.05) is 28.4 Å². The monoisotopic (exact) mass is 363 g/mol. The molecule has 21 heavy (non-hydrogen) atoms. The number of hydrogen-bond acceptors (Lipinski definition) is 4. The first-order valence-corrected chi connectivity index (χ1v) is 9.03. The SMILES string of the molecule is Nc1nc(CSc2cccc(Br)c2)nc2c1CCCCC2. The topological polar surface area (TPSA) is 51.8 Å². The highest BCUT2D eigenvalue weighted by atomic mass is 79.9. The predicted molar refractivity (Wildman–Crippen MR) is 91.4 cm³/mol. The number of hydrogen-bond donors (Lipinski definition) is 1. The average molecular weight is 364 g/mol. The first kappa shape index (κ1) is 14.9. The number of nitrogens with two attached hydrogens (primary N) is 1. The van der Waals surface area contributed by atoms with Crippen LogP contribution >= 0.6 is 27.7 Å². The summed E-state index contributed by atoms with van der Waals surface area (Å²) in [6, 6.07) is 8.28. The molecule has 0 fully saturated rings. The van der Waals surface area contributed by atoms with E-state index in [1.54, 1.807) is 11.8 Å². The molecule has 2 aromatic rings. The second kappa shape index (κ2) is 6.79. The van der Waals surface area contributed by atoms with Crippen molar-refractivity contribution < 1.29 is 0 Å². The summed E-state index contributed by atoms with van der Waals surface area (Å²) >= 11 is 5.24. The van der Waals surface area contributed by atoms with Gasteiger partial charge in [0.05, 0.1) is 5.75 Å². The summed E-state index contributed by atoms with van der Waals surface area (Å²) < 4.78 is 1.09. The van der Waals surface area contributed by atoms with Crippen LogP contribution in [0.25, 0.3) is 0 Å². The summed E-state index contributed by atoms with van der Waals surface area (Å²) in [5, 5.41) is 0. The van der Waals surface area contributed by atoms with Crippen molar-refractivity contribution in [2.75, 3.05) is 5.73 Å². The maximum Gasteiger partial charge on any atom is 0.141 e. The fourth-order valence-electron chi connectivity index (χ4n) is 2.62. The molecule has 1 aliphatic rings. The van der Waals surface area contributed by atoms with Gasteiger partial charge >= 0.3 is 0 Å². The van der Waals surface area contributed by atoms with Crippen molar-refractivity contribution in [1.29, 1.82) is 0 Å². The van der Waals surface area contributed by atoms with Crippen molar-refractivity contribution >= 4 is 33.5 Å². The molecule has 0 spiro atoms. The largest absolute Gasteiger partial charge is 0.383 e. The Bertz CT molecular complexity index is 645. The molecule has 0 amide bonds. The molecule has 110 valence electrons. The van der Waals surface area contributed by atoms with E-state index in [0.717, 1.165) is 28.9 Å². The molecule has 2 N–H and O–H groups in total. The van der Waals surface area contributed by atoms with Gasteiger partial charge in [0, 0.05) is 20.6 Å². The predicted octanol–water partition coefficient (Wildman–Crippen LogP) is 4.38. The quantitative estimate of drug-likeness (QED) is 0.649. The molecule has 3 rings (SSSR count). The number of thioether (sulfide) groups is 1. The molecule has 0 bridgehead atoms. The lowest BCUT2D eigenvalue weighted by atomic mass is 10.1. The van der Waals surface area contributed by atoms with Crippen LogP contribution < -0.4 is 5.73 Å². The van der Waals surface area contributed by atoms with E-state index < -0.39 is 0 Å². The van der Waals surface area contributed by atoms with Gasteiger partial charge in [-0.25, -0.2) is 9.97 Å². The molecule has 1 heterocycles. The highest BCUT2D eigenvalue weighted by Gasteiger charge is 2.15. The van der Waals surface area contributed by atoms with Gasteiger partial charge in [0.25, 0.3) is 0 Å². The Hall–Kier alpha value is -1.07. The molecule has 0 radical (unpaired) electrons. The van der Waals surface area contributed by atoms with E-state index in [9.17, 15) is 0 Å². The number of halogens is 1. The van der Waals surface area contributed by atoms with E-state index in [4.69, 9.17) is 10.7 Å². The van der Waals surface area contributed by atoms with Gasteiger partial charge in [0.1, 0.15) is 11.6 Å². The molecular weight excluding hydrogens is 346 g/mol. The van der Waals surface area contributed by atoms with Crippen LogP contribution in [0.4, 0.5) is 5.82 Å². The van der Waals surface area contributed by atoms with E-state index in [-0.39, 0.29) is 0 Å². The van der Waals surface area contributed by atoms with E-state index in [2.05, 4.69) is 33.0 Å². The zero-order valence-corrected chi connectivity index (χ0v) is 14.2. The second-order valence-corrected chi connectivity index (χ2v) is 7.22. The Balaban J connectivity index is 1.77. The Kier molecular flexibility index (Phi) is 4.80. The number of fused-ring (bicyclic) bond motifs is 1. The number of nitrogens with zero attached hydrogens (tertiary/aromatic N) is 2. The molecule has 1 aliphatic carbocycles. The lowest BCUT2D eigenvalue weighted by Gasteiger charge is -2.10. The summed E-state index contributed by atoms with van der Waals surface area (Å²) in [6.07, 6.45) is 5.74. The number of aryl methyl sites for hydroxylation is 1. The van der Waals surface area contributed by atoms with Crippen LogP contribution in [0.3, 0.4) is 0 Å². The van der Waals surface area contributed by atoms with Crippen molar-refractivity contribution in [1.82, 2.24) is 9.97 Å². The van der Waals surface area contributed by atoms with Crippen molar-refractivity contribution in [2.45, 2.75) is 42.8 Å². The number of anilines is 1. The molecule has 0 aliphatic heterocycles. The minimum Gasteiger partial charge on any atom is -0.383 e.